The Morgan fingerprint density at radius 1 is 1.03 bits per heavy atom. The zero-order valence-corrected chi connectivity index (χ0v) is 19.8. The summed E-state index contributed by atoms with van der Waals surface area (Å²) >= 11 is 1.52. The number of rotatable bonds is 2. The van der Waals surface area contributed by atoms with Crippen molar-refractivity contribution < 1.29 is 14.2 Å². The minimum Gasteiger partial charge on any atom is -0.254 e. The normalized spacial score (nSPS) is 20.0. The van der Waals surface area contributed by atoms with Gasteiger partial charge in [0.15, 0.2) is 6.20 Å². The quantitative estimate of drug-likeness (QED) is 0.244. The molecule has 0 radical (unpaired) electrons. The maximum Gasteiger partial charge on any atom is 0.230 e. The van der Waals surface area contributed by atoms with Gasteiger partial charge < -0.3 is 0 Å². The molecule has 2 aromatic carbocycles. The van der Waals surface area contributed by atoms with Gasteiger partial charge in [0.05, 0.1) is 15.8 Å². The summed E-state index contributed by atoms with van der Waals surface area (Å²) in [6.07, 6.45) is 8.51. The summed E-state index contributed by atoms with van der Waals surface area (Å²) in [6.45, 7) is -2.67. The van der Waals surface area contributed by atoms with Crippen LogP contribution in [0, 0.1) is 20.6 Å². The smallest absolute Gasteiger partial charge is 0.230 e. The molecule has 1 fully saturated rings. The van der Waals surface area contributed by atoms with Crippen molar-refractivity contribution in [3.63, 3.8) is 0 Å². The largest absolute Gasteiger partial charge is 0.254 e. The van der Waals surface area contributed by atoms with E-state index in [-0.39, 0.29) is 11.1 Å². The summed E-state index contributed by atoms with van der Waals surface area (Å²) in [5, 5.41) is 2.56. The Balaban J connectivity index is 1.64. The van der Waals surface area contributed by atoms with Gasteiger partial charge in [-0.05, 0) is 62.6 Å². The first-order valence-corrected chi connectivity index (χ1v) is 12.4. The van der Waals surface area contributed by atoms with Crippen molar-refractivity contribution in [3.05, 3.63) is 71.0 Å². The first-order chi connectivity index (χ1) is 18.8. The van der Waals surface area contributed by atoms with E-state index in [0.29, 0.717) is 10.9 Å². The second kappa shape index (κ2) is 7.92. The molecule has 1 aliphatic rings. The van der Waals surface area contributed by atoms with E-state index in [4.69, 9.17) is 14.6 Å². The van der Waals surface area contributed by atoms with E-state index in [0.717, 1.165) is 68.2 Å². The highest BCUT2D eigenvalue weighted by molar-refractivity contribution is 7.27. The summed E-state index contributed by atoms with van der Waals surface area (Å²) in [5.41, 5.74) is 4.68. The molecule has 6 rings (SSSR count). The SMILES string of the molecule is [2H]C([2H])([2H])c1ccc(-c2c3sc4c5ccc(C6([2H])CCCCC6)cc5cnc4c3c(C([2H])([2H])[2H])c[n+]2C)c(C)c1. The Kier molecular flexibility index (Phi) is 3.47. The third-order valence-electron chi connectivity index (χ3n) is 7.02. The van der Waals surface area contributed by atoms with Crippen molar-refractivity contribution in [2.75, 3.05) is 0 Å². The number of nitrogens with zero attached hydrogens (tertiary/aromatic N) is 2. The molecule has 0 aliphatic heterocycles. The molecule has 33 heavy (non-hydrogen) atoms. The summed E-state index contributed by atoms with van der Waals surface area (Å²) in [4.78, 5) is 4.83. The topological polar surface area (TPSA) is 16.8 Å². The molecule has 0 atom stereocenters. The van der Waals surface area contributed by atoms with Crippen molar-refractivity contribution in [3.8, 4) is 11.3 Å². The molecule has 0 spiro atoms. The maximum absolute atomic E-state index is 9.09. The molecule has 166 valence electrons. The van der Waals surface area contributed by atoms with E-state index in [9.17, 15) is 0 Å². The van der Waals surface area contributed by atoms with Gasteiger partial charge >= 0.3 is 0 Å². The molecule has 0 amide bonds. The van der Waals surface area contributed by atoms with Gasteiger partial charge in [-0.15, -0.1) is 11.3 Å². The Labute approximate surface area is 209 Å². The Hall–Kier alpha value is -2.78. The van der Waals surface area contributed by atoms with Crippen LogP contribution in [-0.4, -0.2) is 4.98 Å². The van der Waals surface area contributed by atoms with Crippen LogP contribution in [0.4, 0.5) is 0 Å². The number of aromatic nitrogens is 2. The zero-order chi connectivity index (χ0) is 28.6. The molecular formula is C30H31N2S+. The van der Waals surface area contributed by atoms with E-state index in [2.05, 4.69) is 18.2 Å². The van der Waals surface area contributed by atoms with Crippen LogP contribution in [0.25, 0.3) is 42.3 Å². The minimum absolute atomic E-state index is 0.243. The van der Waals surface area contributed by atoms with Gasteiger partial charge in [-0.1, -0.05) is 49.1 Å². The van der Waals surface area contributed by atoms with Gasteiger partial charge in [0, 0.05) is 37.5 Å². The van der Waals surface area contributed by atoms with Crippen LogP contribution in [0.2, 0.25) is 0 Å². The number of pyridine rings is 2. The summed E-state index contributed by atoms with van der Waals surface area (Å²) in [6, 6.07) is 11.4. The standard InChI is InChI=1S/C30H31N2S/c1-18-10-12-24(19(2)14-18)28-30-26(20(3)17-32(28)4)27-29(33-30)25-13-11-22(15-23(25)16-31-27)21-8-6-5-7-9-21/h10-17,21H,5-9H2,1-4H3/q+1/i1D3,3D3,21D. The molecule has 2 nitrogen and oxygen atoms in total. The van der Waals surface area contributed by atoms with E-state index in [1.165, 1.54) is 17.8 Å². The Morgan fingerprint density at radius 3 is 2.70 bits per heavy atom. The van der Waals surface area contributed by atoms with Gasteiger partial charge in [0.2, 0.25) is 5.69 Å². The summed E-state index contributed by atoms with van der Waals surface area (Å²) in [5.74, 6) is -0.574. The molecule has 1 saturated carbocycles. The first kappa shape index (κ1) is 14.5. The first-order valence-electron chi connectivity index (χ1n) is 15.1. The van der Waals surface area contributed by atoms with Crippen LogP contribution >= 0.6 is 11.3 Å². The fourth-order valence-electron chi connectivity index (χ4n) is 5.37. The molecule has 3 heterocycles. The van der Waals surface area contributed by atoms with Crippen LogP contribution in [0.15, 0.2) is 48.8 Å². The molecule has 3 aromatic heterocycles. The molecule has 3 heteroatoms. The second-order valence-electron chi connectivity index (χ2n) is 9.24. The van der Waals surface area contributed by atoms with E-state index in [1.807, 2.05) is 30.8 Å². The van der Waals surface area contributed by atoms with Gasteiger partial charge in [-0.3, -0.25) is 4.98 Å². The lowest BCUT2D eigenvalue weighted by atomic mass is 9.83. The lowest BCUT2D eigenvalue weighted by molar-refractivity contribution is -0.659. The van der Waals surface area contributed by atoms with Crippen molar-refractivity contribution in [2.24, 2.45) is 7.05 Å². The number of fused-ring (bicyclic) bond motifs is 5. The van der Waals surface area contributed by atoms with Gasteiger partial charge in [0.25, 0.3) is 0 Å². The molecular weight excluding hydrogens is 420 g/mol. The predicted octanol–water partition coefficient (Wildman–Crippen LogP) is 8.07. The lowest BCUT2D eigenvalue weighted by Gasteiger charge is -2.22. The van der Waals surface area contributed by atoms with Crippen LogP contribution in [0.3, 0.4) is 0 Å². The monoisotopic (exact) mass is 458 g/mol. The third kappa shape index (κ3) is 3.36. The van der Waals surface area contributed by atoms with Crippen molar-refractivity contribution in [1.29, 1.82) is 0 Å². The Bertz CT molecular complexity index is 1790. The Morgan fingerprint density at radius 2 is 1.91 bits per heavy atom. The van der Waals surface area contributed by atoms with E-state index < -0.39 is 19.6 Å². The fourth-order valence-corrected chi connectivity index (χ4v) is 6.78. The van der Waals surface area contributed by atoms with Gasteiger partial charge in [-0.25, -0.2) is 0 Å². The molecule has 0 unspecified atom stereocenters. The number of hydrogen-bond donors (Lipinski definition) is 0. The highest BCUT2D eigenvalue weighted by atomic mass is 32.1. The number of benzene rings is 2. The molecule has 0 N–H and O–H groups in total. The lowest BCUT2D eigenvalue weighted by Crippen LogP contribution is -2.31. The minimum atomic E-state index is -2.35. The van der Waals surface area contributed by atoms with E-state index >= 15 is 0 Å². The van der Waals surface area contributed by atoms with Crippen molar-refractivity contribution >= 4 is 42.4 Å². The summed E-state index contributed by atoms with van der Waals surface area (Å²) < 4.78 is 61.0. The van der Waals surface area contributed by atoms with Crippen LogP contribution < -0.4 is 4.57 Å². The highest BCUT2D eigenvalue weighted by Crippen LogP contribution is 2.43. The second-order valence-corrected chi connectivity index (χ2v) is 10.3. The third-order valence-corrected chi connectivity index (χ3v) is 8.24. The number of hydrogen-bond acceptors (Lipinski definition) is 2. The number of thiophene rings is 1. The highest BCUT2D eigenvalue weighted by Gasteiger charge is 2.24. The fraction of sp³-hybridized carbons (Fsp3) is 0.333. The molecule has 0 bridgehead atoms. The van der Waals surface area contributed by atoms with Crippen molar-refractivity contribution in [1.82, 2.24) is 4.98 Å². The molecule has 5 aromatic rings. The molecule has 0 saturated heterocycles. The van der Waals surface area contributed by atoms with Crippen LogP contribution in [0.1, 0.15) is 69.8 Å². The van der Waals surface area contributed by atoms with Crippen LogP contribution in [0.5, 0.6) is 0 Å². The maximum atomic E-state index is 9.09. The molecule has 1 aliphatic carbocycles. The average Bonchev–Trinajstić information content (AvgIpc) is 3.27. The van der Waals surface area contributed by atoms with E-state index in [1.54, 1.807) is 18.3 Å². The zero-order valence-electron chi connectivity index (χ0n) is 26.0. The summed E-state index contributed by atoms with van der Waals surface area (Å²) in [7, 11) is 1.83. The van der Waals surface area contributed by atoms with Crippen LogP contribution in [-0.2, 0) is 7.05 Å². The number of aryl methyl sites for hydroxylation is 4. The van der Waals surface area contributed by atoms with Gasteiger partial charge in [-0.2, -0.15) is 4.57 Å². The van der Waals surface area contributed by atoms with Gasteiger partial charge in [0.1, 0.15) is 11.7 Å². The predicted molar refractivity (Wildman–Crippen MR) is 141 cm³/mol. The average molecular weight is 459 g/mol. The van der Waals surface area contributed by atoms with Crippen molar-refractivity contribution in [2.45, 2.75) is 58.6 Å².